The lowest BCUT2D eigenvalue weighted by Crippen LogP contribution is -2.10. The van der Waals surface area contributed by atoms with Crippen molar-refractivity contribution in [1.82, 2.24) is 0 Å². The first-order chi connectivity index (χ1) is 9.56. The van der Waals surface area contributed by atoms with E-state index in [9.17, 15) is 13.6 Å². The summed E-state index contributed by atoms with van der Waals surface area (Å²) in [6, 6.07) is 10.2. The minimum atomic E-state index is -0.823. The van der Waals surface area contributed by atoms with Gasteiger partial charge in [-0.05, 0) is 35.9 Å². The molecule has 1 amide bonds. The maximum Gasteiger partial charge on any atom is 0.248 e. The van der Waals surface area contributed by atoms with E-state index in [0.717, 1.165) is 12.1 Å². The average molecular weight is 274 g/mol. The van der Waals surface area contributed by atoms with Crippen molar-refractivity contribution in [2.75, 3.05) is 11.1 Å². The molecule has 0 heterocycles. The number of carbonyl (C=O) groups is 1. The predicted molar refractivity (Wildman–Crippen MR) is 74.9 cm³/mol. The molecular formula is C15H12F2N2O. The van der Waals surface area contributed by atoms with Crippen LogP contribution in [0.2, 0.25) is 0 Å². The van der Waals surface area contributed by atoms with Crippen molar-refractivity contribution >= 4 is 23.4 Å². The van der Waals surface area contributed by atoms with Crippen molar-refractivity contribution in [3.63, 3.8) is 0 Å². The topological polar surface area (TPSA) is 55.1 Å². The second-order valence-corrected chi connectivity index (χ2v) is 4.09. The van der Waals surface area contributed by atoms with Crippen LogP contribution in [-0.4, -0.2) is 5.91 Å². The molecule has 0 spiro atoms. The number of nitrogens with one attached hydrogen (secondary N) is 1. The molecule has 0 aliphatic heterocycles. The molecule has 102 valence electrons. The summed E-state index contributed by atoms with van der Waals surface area (Å²) in [6.07, 6.45) is 2.69. The molecule has 0 aliphatic rings. The van der Waals surface area contributed by atoms with Gasteiger partial charge in [-0.25, -0.2) is 8.78 Å². The quantitative estimate of drug-likeness (QED) is 0.667. The number of carbonyl (C=O) groups excluding carboxylic acids is 1. The molecule has 0 radical (unpaired) electrons. The smallest absolute Gasteiger partial charge is 0.248 e. The van der Waals surface area contributed by atoms with Gasteiger partial charge in [0, 0.05) is 11.8 Å². The maximum absolute atomic E-state index is 13.3. The Labute approximate surface area is 114 Å². The molecular weight excluding hydrogens is 262 g/mol. The number of hydrogen-bond acceptors (Lipinski definition) is 2. The van der Waals surface area contributed by atoms with Crippen LogP contribution in [0.15, 0.2) is 48.5 Å². The molecule has 2 rings (SSSR count). The standard InChI is InChI=1S/C15H12F2N2O/c16-12-5-2-6-13(17)15(12)19-14(20)8-7-10-3-1-4-11(18)9-10/h1-9H,18H2,(H,19,20)/b8-7+. The van der Waals surface area contributed by atoms with Gasteiger partial charge in [-0.2, -0.15) is 0 Å². The molecule has 20 heavy (non-hydrogen) atoms. The summed E-state index contributed by atoms with van der Waals surface area (Å²) in [4.78, 5) is 11.6. The summed E-state index contributed by atoms with van der Waals surface area (Å²) in [5.74, 6) is -2.28. The highest BCUT2D eigenvalue weighted by molar-refractivity contribution is 6.02. The van der Waals surface area contributed by atoms with E-state index >= 15 is 0 Å². The second-order valence-electron chi connectivity index (χ2n) is 4.09. The molecule has 3 N–H and O–H groups in total. The molecule has 0 atom stereocenters. The third kappa shape index (κ3) is 3.41. The fourth-order valence-corrected chi connectivity index (χ4v) is 1.62. The van der Waals surface area contributed by atoms with E-state index in [1.165, 1.54) is 18.2 Å². The Morgan fingerprint density at radius 1 is 1.10 bits per heavy atom. The van der Waals surface area contributed by atoms with Crippen LogP contribution in [0.5, 0.6) is 0 Å². The SMILES string of the molecule is Nc1cccc(/C=C/C(=O)Nc2c(F)cccc2F)c1. The molecule has 0 aromatic heterocycles. The van der Waals surface area contributed by atoms with Gasteiger partial charge in [0.15, 0.2) is 0 Å². The van der Waals surface area contributed by atoms with E-state index in [0.29, 0.717) is 11.3 Å². The van der Waals surface area contributed by atoms with Gasteiger partial charge in [0.05, 0.1) is 0 Å². The van der Waals surface area contributed by atoms with Gasteiger partial charge in [-0.15, -0.1) is 0 Å². The summed E-state index contributed by atoms with van der Waals surface area (Å²) < 4.78 is 26.7. The predicted octanol–water partition coefficient (Wildman–Crippen LogP) is 3.20. The molecule has 0 saturated carbocycles. The molecule has 0 aliphatic carbocycles. The third-order valence-electron chi connectivity index (χ3n) is 2.55. The van der Waals surface area contributed by atoms with E-state index in [2.05, 4.69) is 5.32 Å². The Balaban J connectivity index is 2.10. The van der Waals surface area contributed by atoms with Gasteiger partial charge in [-0.1, -0.05) is 18.2 Å². The van der Waals surface area contributed by atoms with Crippen LogP contribution in [-0.2, 0) is 4.79 Å². The first-order valence-corrected chi connectivity index (χ1v) is 5.85. The van der Waals surface area contributed by atoms with Gasteiger partial charge in [0.2, 0.25) is 5.91 Å². The number of amides is 1. The van der Waals surface area contributed by atoms with Gasteiger partial charge in [0.1, 0.15) is 17.3 Å². The lowest BCUT2D eigenvalue weighted by atomic mass is 10.2. The molecule has 0 unspecified atom stereocenters. The summed E-state index contributed by atoms with van der Waals surface area (Å²) in [5.41, 5.74) is 6.41. The zero-order valence-electron chi connectivity index (χ0n) is 10.4. The van der Waals surface area contributed by atoms with Crippen LogP contribution in [0.25, 0.3) is 6.08 Å². The summed E-state index contributed by atoms with van der Waals surface area (Å²) in [7, 11) is 0. The van der Waals surface area contributed by atoms with Crippen molar-refractivity contribution in [1.29, 1.82) is 0 Å². The van der Waals surface area contributed by atoms with Crippen LogP contribution in [0.1, 0.15) is 5.56 Å². The van der Waals surface area contributed by atoms with Crippen molar-refractivity contribution < 1.29 is 13.6 Å². The highest BCUT2D eigenvalue weighted by Gasteiger charge is 2.09. The Morgan fingerprint density at radius 2 is 1.75 bits per heavy atom. The number of anilines is 2. The summed E-state index contributed by atoms with van der Waals surface area (Å²) in [5, 5.41) is 2.16. The lowest BCUT2D eigenvalue weighted by molar-refractivity contribution is -0.111. The number of nitrogens with two attached hydrogens (primary N) is 1. The van der Waals surface area contributed by atoms with Gasteiger partial charge < -0.3 is 11.1 Å². The fraction of sp³-hybridized carbons (Fsp3) is 0. The first kappa shape index (κ1) is 13.7. The van der Waals surface area contributed by atoms with Gasteiger partial charge in [0.25, 0.3) is 0 Å². The number of halogens is 2. The van der Waals surface area contributed by atoms with Crippen LogP contribution in [0.3, 0.4) is 0 Å². The molecule has 2 aromatic rings. The number of benzene rings is 2. The van der Waals surface area contributed by atoms with Crippen molar-refractivity contribution in [2.24, 2.45) is 0 Å². The normalized spacial score (nSPS) is 10.7. The van der Waals surface area contributed by atoms with Crippen LogP contribution in [0, 0.1) is 11.6 Å². The van der Waals surface area contributed by atoms with E-state index in [-0.39, 0.29) is 0 Å². The molecule has 5 heteroatoms. The Kier molecular flexibility index (Phi) is 4.10. The minimum Gasteiger partial charge on any atom is -0.399 e. The molecule has 0 fully saturated rings. The highest BCUT2D eigenvalue weighted by atomic mass is 19.1. The fourth-order valence-electron chi connectivity index (χ4n) is 1.62. The summed E-state index contributed by atoms with van der Waals surface area (Å²) in [6.45, 7) is 0. The summed E-state index contributed by atoms with van der Waals surface area (Å²) >= 11 is 0. The second kappa shape index (κ2) is 5.97. The van der Waals surface area contributed by atoms with Gasteiger partial charge in [-0.3, -0.25) is 4.79 Å². The average Bonchev–Trinajstić information content (AvgIpc) is 2.41. The van der Waals surface area contributed by atoms with Crippen molar-refractivity contribution in [2.45, 2.75) is 0 Å². The number of nitrogen functional groups attached to an aromatic ring is 1. The number of para-hydroxylation sites is 1. The Hall–Kier alpha value is -2.69. The zero-order valence-corrected chi connectivity index (χ0v) is 10.4. The van der Waals surface area contributed by atoms with Crippen molar-refractivity contribution in [3.05, 3.63) is 65.7 Å². The van der Waals surface area contributed by atoms with Crippen LogP contribution >= 0.6 is 0 Å². The van der Waals surface area contributed by atoms with Crippen LogP contribution in [0.4, 0.5) is 20.2 Å². The molecule has 0 bridgehead atoms. The van der Waals surface area contributed by atoms with Gasteiger partial charge >= 0.3 is 0 Å². The van der Waals surface area contributed by atoms with E-state index in [4.69, 9.17) is 5.73 Å². The van der Waals surface area contributed by atoms with E-state index < -0.39 is 23.2 Å². The van der Waals surface area contributed by atoms with E-state index in [1.54, 1.807) is 24.3 Å². The monoisotopic (exact) mass is 274 g/mol. The third-order valence-corrected chi connectivity index (χ3v) is 2.55. The lowest BCUT2D eigenvalue weighted by Gasteiger charge is -2.04. The maximum atomic E-state index is 13.3. The number of hydrogen-bond donors (Lipinski definition) is 2. The van der Waals surface area contributed by atoms with E-state index in [1.807, 2.05) is 0 Å². The minimum absolute atomic E-state index is 0.463. The van der Waals surface area contributed by atoms with Crippen molar-refractivity contribution in [3.8, 4) is 0 Å². The zero-order chi connectivity index (χ0) is 14.5. The highest BCUT2D eigenvalue weighted by Crippen LogP contribution is 2.18. The number of rotatable bonds is 3. The molecule has 3 nitrogen and oxygen atoms in total. The van der Waals surface area contributed by atoms with Crippen LogP contribution < -0.4 is 11.1 Å². The largest absolute Gasteiger partial charge is 0.399 e. The Bertz CT molecular complexity index is 648. The molecule has 0 saturated heterocycles. The first-order valence-electron chi connectivity index (χ1n) is 5.85. The molecule has 2 aromatic carbocycles. The Morgan fingerprint density at radius 3 is 2.40 bits per heavy atom.